The zero-order chi connectivity index (χ0) is 26.4. The maximum absolute atomic E-state index is 11.3. The van der Waals surface area contributed by atoms with E-state index in [1.54, 1.807) is 0 Å². The number of pyridine rings is 2. The van der Waals surface area contributed by atoms with Crippen molar-refractivity contribution in [3.63, 3.8) is 0 Å². The van der Waals surface area contributed by atoms with Gasteiger partial charge in [0.05, 0.1) is 18.8 Å². The van der Waals surface area contributed by atoms with Crippen LogP contribution in [0.1, 0.15) is 23.1 Å². The number of carbonyl (C=O) groups is 1. The van der Waals surface area contributed by atoms with Gasteiger partial charge < -0.3 is 9.80 Å². The number of imidazole rings is 1. The maximum atomic E-state index is 11.3. The van der Waals surface area contributed by atoms with E-state index in [1.807, 2.05) is 78.5 Å². The molecule has 6 rings (SSSR count). The van der Waals surface area contributed by atoms with E-state index in [0.29, 0.717) is 23.7 Å². The Hall–Kier alpha value is -4.55. The van der Waals surface area contributed by atoms with E-state index in [4.69, 9.17) is 9.97 Å². The Labute approximate surface area is 224 Å². The quantitative estimate of drug-likeness (QED) is 0.296. The highest BCUT2D eigenvalue weighted by atomic mass is 32.1. The number of thiazole rings is 1. The number of nitriles is 1. The van der Waals surface area contributed by atoms with Crippen molar-refractivity contribution in [1.29, 1.82) is 5.26 Å². The summed E-state index contributed by atoms with van der Waals surface area (Å²) in [7, 11) is 1.97. The predicted molar refractivity (Wildman–Crippen MR) is 150 cm³/mol. The van der Waals surface area contributed by atoms with Gasteiger partial charge in [-0.25, -0.2) is 15.0 Å². The van der Waals surface area contributed by atoms with Gasteiger partial charge in [-0.3, -0.25) is 9.20 Å². The van der Waals surface area contributed by atoms with E-state index in [-0.39, 0.29) is 5.78 Å². The number of hydrogen-bond donors (Lipinski definition) is 0. The van der Waals surface area contributed by atoms with E-state index < -0.39 is 0 Å². The summed E-state index contributed by atoms with van der Waals surface area (Å²) in [6, 6.07) is 18.4. The molecule has 5 heterocycles. The monoisotopic (exact) mass is 519 g/mol. The second-order valence-corrected chi connectivity index (χ2v) is 10.4. The Morgan fingerprint density at radius 2 is 1.76 bits per heavy atom. The third-order valence-corrected chi connectivity index (χ3v) is 7.82. The molecule has 0 radical (unpaired) electrons. The topological polar surface area (TPSA) is 90.4 Å². The van der Waals surface area contributed by atoms with Gasteiger partial charge in [0, 0.05) is 36.1 Å². The molecule has 1 fully saturated rings. The number of fused-ring (bicyclic) bond motifs is 1. The number of aromatic nitrogens is 4. The first-order valence-electron chi connectivity index (χ1n) is 12.4. The average Bonchev–Trinajstić information content (AvgIpc) is 3.53. The lowest BCUT2D eigenvalue weighted by molar-refractivity contribution is -0.119. The molecule has 9 heteroatoms. The summed E-state index contributed by atoms with van der Waals surface area (Å²) in [5.74, 6) is 1.96. The Morgan fingerprint density at radius 1 is 1.03 bits per heavy atom. The van der Waals surface area contributed by atoms with Crippen molar-refractivity contribution in [2.75, 3.05) is 29.9 Å². The van der Waals surface area contributed by atoms with Crippen LogP contribution < -0.4 is 9.80 Å². The van der Waals surface area contributed by atoms with Gasteiger partial charge in [0.25, 0.3) is 0 Å². The van der Waals surface area contributed by atoms with Crippen molar-refractivity contribution in [3.8, 4) is 28.5 Å². The molecule has 4 aromatic heterocycles. The van der Waals surface area contributed by atoms with Crippen molar-refractivity contribution < 1.29 is 4.79 Å². The molecule has 5 aromatic rings. The zero-order valence-corrected chi connectivity index (χ0v) is 22.2. The molecular formula is C29H25N7OS. The fourth-order valence-electron chi connectivity index (χ4n) is 4.66. The lowest BCUT2D eigenvalue weighted by Gasteiger charge is -2.30. The number of carbonyl (C=O) groups excluding carboxylic acids is 1. The summed E-state index contributed by atoms with van der Waals surface area (Å²) in [5, 5.41) is 10.6. The van der Waals surface area contributed by atoms with Gasteiger partial charge in [0.1, 0.15) is 33.9 Å². The van der Waals surface area contributed by atoms with Crippen LogP contribution in [0.3, 0.4) is 0 Å². The third kappa shape index (κ3) is 4.09. The minimum Gasteiger partial charge on any atom is -0.342 e. The molecule has 0 atom stereocenters. The average molecular weight is 520 g/mol. The highest BCUT2D eigenvalue weighted by molar-refractivity contribution is 7.16. The molecule has 0 spiro atoms. The van der Waals surface area contributed by atoms with Gasteiger partial charge in [0.2, 0.25) is 0 Å². The van der Waals surface area contributed by atoms with Gasteiger partial charge >= 0.3 is 0 Å². The van der Waals surface area contributed by atoms with Crippen molar-refractivity contribution >= 4 is 39.5 Å². The molecule has 0 unspecified atom stereocenters. The van der Waals surface area contributed by atoms with Crippen LogP contribution in [0.2, 0.25) is 0 Å². The Bertz CT molecular complexity index is 1700. The zero-order valence-electron chi connectivity index (χ0n) is 21.3. The molecule has 0 bridgehead atoms. The molecule has 0 amide bonds. The smallest absolute Gasteiger partial charge is 0.192 e. The first-order valence-corrected chi connectivity index (χ1v) is 13.2. The summed E-state index contributed by atoms with van der Waals surface area (Å²) in [5.41, 5.74) is 6.56. The van der Waals surface area contributed by atoms with Crippen molar-refractivity contribution in [2.24, 2.45) is 0 Å². The van der Waals surface area contributed by atoms with E-state index in [0.717, 1.165) is 56.8 Å². The second kappa shape index (κ2) is 9.39. The molecule has 1 aromatic carbocycles. The molecule has 38 heavy (non-hydrogen) atoms. The Morgan fingerprint density at radius 3 is 2.42 bits per heavy atom. The minimum absolute atomic E-state index is 0.234. The molecule has 0 saturated carbocycles. The fourth-order valence-corrected chi connectivity index (χ4v) is 5.50. The number of hydrogen-bond acceptors (Lipinski definition) is 8. The lowest BCUT2D eigenvalue weighted by atomic mass is 10.1. The fraction of sp³-hybridized carbons (Fsp3) is 0.207. The van der Waals surface area contributed by atoms with Crippen molar-refractivity contribution in [3.05, 3.63) is 77.1 Å². The standard InChI is InChI=1S/C29H25N7OS/c1-4-23-28(34(3)29-33-27(24(13-30)38-29)19-7-5-18(2)6-8-19)36-15-21(10-12-26(36)32-23)20-9-11-25(31-14-20)35-16-22(37)17-35/h5-12,14-15H,4,16-17H2,1-3H3. The molecule has 188 valence electrons. The van der Waals surface area contributed by atoms with Crippen LogP contribution in [-0.4, -0.2) is 45.3 Å². The SMILES string of the molecule is CCc1nc2ccc(-c3ccc(N4CC(=O)C4)nc3)cn2c1N(C)c1nc(-c2ccc(C)cc2)c(C#N)s1. The molecule has 1 aliphatic rings. The molecule has 0 aliphatic carbocycles. The number of nitrogens with zero attached hydrogens (tertiary/aromatic N) is 7. The van der Waals surface area contributed by atoms with E-state index in [2.05, 4.69) is 28.6 Å². The number of aryl methyl sites for hydroxylation is 2. The largest absolute Gasteiger partial charge is 0.342 e. The molecule has 8 nitrogen and oxygen atoms in total. The summed E-state index contributed by atoms with van der Waals surface area (Å²) in [4.78, 5) is 30.2. The summed E-state index contributed by atoms with van der Waals surface area (Å²) < 4.78 is 2.08. The summed E-state index contributed by atoms with van der Waals surface area (Å²) in [6.07, 6.45) is 4.66. The van der Waals surface area contributed by atoms with E-state index in [1.165, 1.54) is 11.3 Å². The van der Waals surface area contributed by atoms with Crippen LogP contribution in [-0.2, 0) is 11.2 Å². The Kier molecular flexibility index (Phi) is 5.89. The van der Waals surface area contributed by atoms with E-state index in [9.17, 15) is 10.1 Å². The van der Waals surface area contributed by atoms with Crippen LogP contribution in [0, 0.1) is 18.3 Å². The van der Waals surface area contributed by atoms with Crippen molar-refractivity contribution in [2.45, 2.75) is 20.3 Å². The third-order valence-electron chi connectivity index (χ3n) is 6.78. The van der Waals surface area contributed by atoms with Crippen LogP contribution in [0.4, 0.5) is 16.8 Å². The molecular weight excluding hydrogens is 494 g/mol. The highest BCUT2D eigenvalue weighted by Crippen LogP contribution is 2.37. The van der Waals surface area contributed by atoms with Gasteiger partial charge in [0.15, 0.2) is 10.9 Å². The van der Waals surface area contributed by atoms with Crippen LogP contribution >= 0.6 is 11.3 Å². The Balaban J connectivity index is 1.38. The van der Waals surface area contributed by atoms with Gasteiger partial charge in [-0.2, -0.15) is 5.26 Å². The number of Topliss-reactive ketones (excluding diaryl/α,β-unsaturated/α-hetero) is 1. The number of ketones is 1. The summed E-state index contributed by atoms with van der Waals surface area (Å²) in [6.45, 7) is 4.99. The van der Waals surface area contributed by atoms with Gasteiger partial charge in [-0.1, -0.05) is 48.1 Å². The number of benzene rings is 1. The molecule has 0 N–H and O–H groups in total. The van der Waals surface area contributed by atoms with Crippen LogP contribution in [0.5, 0.6) is 0 Å². The second-order valence-electron chi connectivity index (χ2n) is 9.39. The van der Waals surface area contributed by atoms with Crippen molar-refractivity contribution in [1.82, 2.24) is 19.4 Å². The summed E-state index contributed by atoms with van der Waals surface area (Å²) >= 11 is 1.38. The minimum atomic E-state index is 0.234. The van der Waals surface area contributed by atoms with Gasteiger partial charge in [-0.15, -0.1) is 0 Å². The van der Waals surface area contributed by atoms with Crippen LogP contribution in [0.15, 0.2) is 60.9 Å². The normalized spacial score (nSPS) is 13.0. The lowest BCUT2D eigenvalue weighted by Crippen LogP contribution is -2.47. The molecule has 1 aliphatic heterocycles. The number of rotatable bonds is 6. The predicted octanol–water partition coefficient (Wildman–Crippen LogP) is 5.42. The highest BCUT2D eigenvalue weighted by Gasteiger charge is 2.25. The first kappa shape index (κ1) is 23.8. The number of anilines is 3. The van der Waals surface area contributed by atoms with Gasteiger partial charge in [-0.05, 0) is 37.6 Å². The molecule has 1 saturated heterocycles. The first-order chi connectivity index (χ1) is 18.4. The van der Waals surface area contributed by atoms with E-state index >= 15 is 0 Å². The maximum Gasteiger partial charge on any atom is 0.192 e. The van der Waals surface area contributed by atoms with Crippen LogP contribution in [0.25, 0.3) is 28.0 Å².